The van der Waals surface area contributed by atoms with Gasteiger partial charge < -0.3 is 9.88 Å². The molecule has 9 nitrogen and oxygen atoms in total. The molecule has 28 heavy (non-hydrogen) atoms. The van der Waals surface area contributed by atoms with Crippen LogP contribution in [0.2, 0.25) is 0 Å². The fraction of sp³-hybridized carbons (Fsp3) is 0.684. The summed E-state index contributed by atoms with van der Waals surface area (Å²) in [7, 11) is 3.02. The molecular weight excluding hydrogens is 360 g/mol. The molecule has 0 saturated carbocycles. The number of fused-ring (bicyclic) bond motifs is 1. The predicted molar refractivity (Wildman–Crippen MR) is 107 cm³/mol. The highest BCUT2D eigenvalue weighted by molar-refractivity contribution is 5.76. The lowest BCUT2D eigenvalue weighted by atomic mass is 9.98. The van der Waals surface area contributed by atoms with E-state index in [0.29, 0.717) is 24.3 Å². The van der Waals surface area contributed by atoms with E-state index in [4.69, 9.17) is 0 Å². The molecule has 1 amide bonds. The zero-order chi connectivity index (χ0) is 20.5. The highest BCUT2D eigenvalue weighted by Gasteiger charge is 2.28. The standard InChI is InChI=1S/C19H30N6O3/c1-19(2,25-9-6-5-7-10-25)12-20-14(26)8-11-24-13-21-16-15(24)17(27)23(4)18(28)22(16)3/h13H,5-12H2,1-4H3,(H,20,26). The van der Waals surface area contributed by atoms with Crippen molar-refractivity contribution >= 4 is 17.1 Å². The number of piperidine rings is 1. The first-order valence-electron chi connectivity index (χ1n) is 9.85. The maximum absolute atomic E-state index is 12.4. The SMILES string of the molecule is Cn1c(=O)c2c(ncn2CCC(=O)NCC(C)(C)N2CCCCC2)n(C)c1=O. The number of aryl methyl sites for hydroxylation is 2. The van der Waals surface area contributed by atoms with Crippen molar-refractivity contribution in [3.63, 3.8) is 0 Å². The van der Waals surface area contributed by atoms with E-state index in [2.05, 4.69) is 29.0 Å². The number of amides is 1. The Morgan fingerprint density at radius 2 is 1.82 bits per heavy atom. The van der Waals surface area contributed by atoms with Gasteiger partial charge in [-0.3, -0.25) is 23.6 Å². The van der Waals surface area contributed by atoms with E-state index in [1.807, 2.05) is 0 Å². The Kier molecular flexibility index (Phi) is 5.74. The average molecular weight is 390 g/mol. The highest BCUT2D eigenvalue weighted by atomic mass is 16.2. The lowest BCUT2D eigenvalue weighted by molar-refractivity contribution is -0.121. The van der Waals surface area contributed by atoms with Gasteiger partial charge in [-0.1, -0.05) is 6.42 Å². The first-order valence-corrected chi connectivity index (χ1v) is 9.85. The minimum Gasteiger partial charge on any atom is -0.354 e. The fourth-order valence-corrected chi connectivity index (χ4v) is 3.80. The summed E-state index contributed by atoms with van der Waals surface area (Å²) in [5, 5.41) is 3.02. The molecule has 0 unspecified atom stereocenters. The molecule has 1 N–H and O–H groups in total. The van der Waals surface area contributed by atoms with E-state index >= 15 is 0 Å². The lowest BCUT2D eigenvalue weighted by Gasteiger charge is -2.41. The monoisotopic (exact) mass is 390 g/mol. The lowest BCUT2D eigenvalue weighted by Crippen LogP contribution is -2.53. The molecule has 0 radical (unpaired) electrons. The minimum atomic E-state index is -0.416. The van der Waals surface area contributed by atoms with Crippen molar-refractivity contribution in [1.29, 1.82) is 0 Å². The molecule has 1 aliphatic rings. The van der Waals surface area contributed by atoms with Crippen LogP contribution in [0.15, 0.2) is 15.9 Å². The number of nitrogens with one attached hydrogen (secondary N) is 1. The second-order valence-corrected chi connectivity index (χ2v) is 8.20. The molecule has 3 heterocycles. The van der Waals surface area contributed by atoms with E-state index in [1.54, 1.807) is 11.6 Å². The molecular formula is C19H30N6O3. The second kappa shape index (κ2) is 7.90. The second-order valence-electron chi connectivity index (χ2n) is 8.20. The van der Waals surface area contributed by atoms with Gasteiger partial charge in [0.2, 0.25) is 5.91 Å². The van der Waals surface area contributed by atoms with Gasteiger partial charge in [-0.05, 0) is 39.8 Å². The average Bonchev–Trinajstić information content (AvgIpc) is 3.12. The number of carbonyl (C=O) groups excluding carboxylic acids is 1. The van der Waals surface area contributed by atoms with Crippen molar-refractivity contribution in [2.45, 2.75) is 51.6 Å². The summed E-state index contributed by atoms with van der Waals surface area (Å²) >= 11 is 0. The molecule has 2 aromatic heterocycles. The van der Waals surface area contributed by atoms with Crippen molar-refractivity contribution in [1.82, 2.24) is 28.9 Å². The maximum atomic E-state index is 12.4. The van der Waals surface area contributed by atoms with Crippen LogP contribution in [0.3, 0.4) is 0 Å². The van der Waals surface area contributed by atoms with Gasteiger partial charge in [0.25, 0.3) is 5.56 Å². The quantitative estimate of drug-likeness (QED) is 0.761. The molecule has 154 valence electrons. The van der Waals surface area contributed by atoms with Crippen LogP contribution in [0.1, 0.15) is 39.5 Å². The summed E-state index contributed by atoms with van der Waals surface area (Å²) in [5.41, 5.74) is -0.222. The topological polar surface area (TPSA) is 94.2 Å². The number of rotatable bonds is 6. The molecule has 2 aromatic rings. The van der Waals surface area contributed by atoms with Crippen LogP contribution in [0.25, 0.3) is 11.2 Å². The Bertz CT molecular complexity index is 978. The van der Waals surface area contributed by atoms with Crippen molar-refractivity contribution in [3.8, 4) is 0 Å². The predicted octanol–water partition coefficient (Wildman–Crippen LogP) is 0.205. The smallest absolute Gasteiger partial charge is 0.332 e. The third-order valence-corrected chi connectivity index (χ3v) is 5.73. The van der Waals surface area contributed by atoms with Crippen LogP contribution in [0.5, 0.6) is 0 Å². The van der Waals surface area contributed by atoms with Gasteiger partial charge in [-0.25, -0.2) is 9.78 Å². The summed E-state index contributed by atoms with van der Waals surface area (Å²) in [4.78, 5) is 43.4. The van der Waals surface area contributed by atoms with Crippen LogP contribution in [0, 0.1) is 0 Å². The van der Waals surface area contributed by atoms with Gasteiger partial charge in [-0.2, -0.15) is 0 Å². The number of hydrogen-bond donors (Lipinski definition) is 1. The van der Waals surface area contributed by atoms with Gasteiger partial charge in [-0.15, -0.1) is 0 Å². The normalized spacial score (nSPS) is 15.9. The van der Waals surface area contributed by atoms with Crippen molar-refractivity contribution in [2.24, 2.45) is 14.1 Å². The van der Waals surface area contributed by atoms with Gasteiger partial charge in [0.1, 0.15) is 0 Å². The van der Waals surface area contributed by atoms with E-state index in [0.717, 1.165) is 17.7 Å². The maximum Gasteiger partial charge on any atom is 0.332 e. The van der Waals surface area contributed by atoms with Crippen LogP contribution < -0.4 is 16.6 Å². The summed E-state index contributed by atoms with van der Waals surface area (Å²) in [5.74, 6) is -0.0615. The Labute approximate surface area is 164 Å². The van der Waals surface area contributed by atoms with Gasteiger partial charge in [0.15, 0.2) is 11.2 Å². The molecule has 0 aromatic carbocycles. The molecule has 0 atom stereocenters. The first kappa shape index (κ1) is 20.3. The molecule has 0 bridgehead atoms. The van der Waals surface area contributed by atoms with E-state index in [-0.39, 0.29) is 17.9 Å². The summed E-state index contributed by atoms with van der Waals surface area (Å²) in [6, 6.07) is 0. The van der Waals surface area contributed by atoms with Crippen LogP contribution in [-0.4, -0.2) is 54.7 Å². The van der Waals surface area contributed by atoms with Crippen molar-refractivity contribution < 1.29 is 4.79 Å². The summed E-state index contributed by atoms with van der Waals surface area (Å²) in [6.07, 6.45) is 5.46. The molecule has 9 heteroatoms. The van der Waals surface area contributed by atoms with Gasteiger partial charge in [0.05, 0.1) is 6.33 Å². The summed E-state index contributed by atoms with van der Waals surface area (Å²) < 4.78 is 4.04. The van der Waals surface area contributed by atoms with E-state index in [9.17, 15) is 14.4 Å². The first-order chi connectivity index (χ1) is 13.2. The number of carbonyl (C=O) groups is 1. The number of likely N-dealkylation sites (tertiary alicyclic amines) is 1. The number of hydrogen-bond acceptors (Lipinski definition) is 5. The fourth-order valence-electron chi connectivity index (χ4n) is 3.80. The Balaban J connectivity index is 1.64. The minimum absolute atomic E-state index is 0.0615. The van der Waals surface area contributed by atoms with Gasteiger partial charge >= 0.3 is 5.69 Å². The van der Waals surface area contributed by atoms with Crippen LogP contribution in [-0.2, 0) is 25.4 Å². The largest absolute Gasteiger partial charge is 0.354 e. The molecule has 0 spiro atoms. The zero-order valence-corrected chi connectivity index (χ0v) is 17.2. The zero-order valence-electron chi connectivity index (χ0n) is 17.2. The van der Waals surface area contributed by atoms with Crippen molar-refractivity contribution in [3.05, 3.63) is 27.2 Å². The molecule has 1 aliphatic heterocycles. The number of nitrogens with zero attached hydrogens (tertiary/aromatic N) is 5. The molecule has 1 fully saturated rings. The Morgan fingerprint density at radius 1 is 1.14 bits per heavy atom. The van der Waals surface area contributed by atoms with Crippen molar-refractivity contribution in [2.75, 3.05) is 19.6 Å². The third-order valence-electron chi connectivity index (χ3n) is 5.73. The number of aromatic nitrogens is 4. The van der Waals surface area contributed by atoms with E-state index < -0.39 is 11.2 Å². The van der Waals surface area contributed by atoms with Gasteiger partial charge in [0, 0.05) is 39.1 Å². The Hall–Kier alpha value is -2.42. The van der Waals surface area contributed by atoms with Crippen LogP contribution in [0.4, 0.5) is 0 Å². The molecule has 3 rings (SSSR count). The Morgan fingerprint density at radius 3 is 2.50 bits per heavy atom. The molecule has 0 aliphatic carbocycles. The molecule has 1 saturated heterocycles. The third kappa shape index (κ3) is 3.89. The highest BCUT2D eigenvalue weighted by Crippen LogP contribution is 2.19. The number of imidazole rings is 1. The van der Waals surface area contributed by atoms with Crippen LogP contribution >= 0.6 is 0 Å². The summed E-state index contributed by atoms with van der Waals surface area (Å²) in [6.45, 7) is 7.39. The van der Waals surface area contributed by atoms with E-state index in [1.165, 1.54) is 37.2 Å².